The van der Waals surface area contributed by atoms with Crippen LogP contribution in [0.2, 0.25) is 10.0 Å². The minimum atomic E-state index is -0.399. The normalized spacial score (nSPS) is 13.3. The number of aryl methyl sites for hydroxylation is 1. The van der Waals surface area contributed by atoms with Crippen LogP contribution in [0.4, 0.5) is 11.4 Å². The molecule has 0 unspecified atom stereocenters. The molecule has 1 N–H and O–H groups in total. The number of hydrogen-bond donors (Lipinski definition) is 1. The molecule has 3 rings (SSSR count). The summed E-state index contributed by atoms with van der Waals surface area (Å²) in [7, 11) is 0. The van der Waals surface area contributed by atoms with Crippen LogP contribution in [0, 0.1) is 6.92 Å². The summed E-state index contributed by atoms with van der Waals surface area (Å²) in [6.45, 7) is 1.95. The molecule has 7 heteroatoms. The van der Waals surface area contributed by atoms with Gasteiger partial charge in [-0.1, -0.05) is 29.3 Å². The first-order chi connectivity index (χ1) is 11.4. The predicted octanol–water partition coefficient (Wildman–Crippen LogP) is 3.67. The number of nitrogens with one attached hydrogen (secondary N) is 1. The van der Waals surface area contributed by atoms with E-state index in [9.17, 15) is 9.59 Å². The molecule has 0 saturated heterocycles. The van der Waals surface area contributed by atoms with Crippen molar-refractivity contribution in [3.8, 4) is 5.75 Å². The fourth-order valence-electron chi connectivity index (χ4n) is 2.45. The monoisotopic (exact) mass is 364 g/mol. The van der Waals surface area contributed by atoms with Gasteiger partial charge in [-0.2, -0.15) is 0 Å². The van der Waals surface area contributed by atoms with Gasteiger partial charge in [0.05, 0.1) is 22.9 Å². The molecule has 0 saturated carbocycles. The van der Waals surface area contributed by atoms with Crippen molar-refractivity contribution in [3.63, 3.8) is 0 Å². The Labute approximate surface area is 149 Å². The first-order valence-electron chi connectivity index (χ1n) is 7.23. The summed E-state index contributed by atoms with van der Waals surface area (Å²) >= 11 is 11.9. The maximum atomic E-state index is 12.3. The standard InChI is InChI=1S/C17H14Cl2N2O3/c1-10-2-5-15-14(6-10)21(9-17(23)24-15)8-16(22)20-13-4-3-11(18)7-12(13)19/h2-7H,8-9H2,1H3,(H,20,22). The third-order valence-corrected chi connectivity index (χ3v) is 4.09. The minimum absolute atomic E-state index is 0.00447. The lowest BCUT2D eigenvalue weighted by Gasteiger charge is -2.29. The highest BCUT2D eigenvalue weighted by Crippen LogP contribution is 2.32. The Bertz CT molecular complexity index is 823. The lowest BCUT2D eigenvalue weighted by atomic mass is 10.1. The molecule has 24 heavy (non-hydrogen) atoms. The lowest BCUT2D eigenvalue weighted by molar-refractivity contribution is -0.133. The minimum Gasteiger partial charge on any atom is -0.423 e. The Morgan fingerprint density at radius 2 is 2.04 bits per heavy atom. The number of amides is 1. The molecular formula is C17H14Cl2N2O3. The van der Waals surface area contributed by atoms with E-state index >= 15 is 0 Å². The van der Waals surface area contributed by atoms with Crippen molar-refractivity contribution in [3.05, 3.63) is 52.0 Å². The zero-order valence-corrected chi connectivity index (χ0v) is 14.3. The van der Waals surface area contributed by atoms with Crippen molar-refractivity contribution >= 4 is 46.5 Å². The van der Waals surface area contributed by atoms with E-state index in [1.54, 1.807) is 29.2 Å². The molecule has 2 aromatic carbocycles. The number of ether oxygens (including phenoxy) is 1. The molecule has 0 radical (unpaired) electrons. The summed E-state index contributed by atoms with van der Waals surface area (Å²) in [5.41, 5.74) is 2.19. The first kappa shape index (κ1) is 16.6. The highest BCUT2D eigenvalue weighted by molar-refractivity contribution is 6.36. The smallest absolute Gasteiger partial charge is 0.331 e. The number of nitrogens with zero attached hydrogens (tertiary/aromatic N) is 1. The third kappa shape index (κ3) is 3.63. The number of esters is 1. The van der Waals surface area contributed by atoms with Crippen molar-refractivity contribution in [2.45, 2.75) is 6.92 Å². The van der Waals surface area contributed by atoms with Gasteiger partial charge in [0, 0.05) is 5.02 Å². The Morgan fingerprint density at radius 3 is 2.79 bits per heavy atom. The van der Waals surface area contributed by atoms with Crippen LogP contribution in [-0.2, 0) is 9.59 Å². The number of benzene rings is 2. The molecule has 2 aromatic rings. The van der Waals surface area contributed by atoms with E-state index in [2.05, 4.69) is 5.32 Å². The fourth-order valence-corrected chi connectivity index (χ4v) is 2.91. The largest absolute Gasteiger partial charge is 0.423 e. The highest BCUT2D eigenvalue weighted by atomic mass is 35.5. The van der Waals surface area contributed by atoms with Crippen LogP contribution in [0.5, 0.6) is 5.75 Å². The second-order valence-electron chi connectivity index (χ2n) is 5.47. The maximum Gasteiger partial charge on any atom is 0.331 e. The van der Waals surface area contributed by atoms with Gasteiger partial charge in [-0.3, -0.25) is 4.79 Å². The number of anilines is 2. The van der Waals surface area contributed by atoms with E-state index in [0.29, 0.717) is 27.2 Å². The Hall–Kier alpha value is -2.24. The fraction of sp³-hybridized carbons (Fsp3) is 0.176. The molecule has 0 bridgehead atoms. The number of rotatable bonds is 3. The molecule has 0 fully saturated rings. The Balaban J connectivity index is 1.77. The van der Waals surface area contributed by atoms with Crippen molar-refractivity contribution in [2.24, 2.45) is 0 Å². The van der Waals surface area contributed by atoms with E-state index in [1.807, 2.05) is 19.1 Å². The Kier molecular flexibility index (Phi) is 4.64. The van der Waals surface area contributed by atoms with E-state index in [0.717, 1.165) is 5.56 Å². The molecule has 0 spiro atoms. The molecule has 124 valence electrons. The number of hydrogen-bond acceptors (Lipinski definition) is 4. The summed E-state index contributed by atoms with van der Waals surface area (Å²) in [4.78, 5) is 25.7. The van der Waals surface area contributed by atoms with Gasteiger partial charge in [-0.05, 0) is 42.8 Å². The molecule has 1 aliphatic heterocycles. The SMILES string of the molecule is Cc1ccc2c(c1)N(CC(=O)Nc1ccc(Cl)cc1Cl)CC(=O)O2. The van der Waals surface area contributed by atoms with E-state index in [1.165, 1.54) is 0 Å². The van der Waals surface area contributed by atoms with Crippen LogP contribution < -0.4 is 15.0 Å². The second-order valence-corrected chi connectivity index (χ2v) is 6.32. The van der Waals surface area contributed by atoms with Crippen molar-refractivity contribution in [2.75, 3.05) is 23.3 Å². The average Bonchev–Trinajstić information content (AvgIpc) is 2.51. The summed E-state index contributed by atoms with van der Waals surface area (Å²) in [5, 5.41) is 3.56. The molecule has 1 heterocycles. The second kappa shape index (κ2) is 6.71. The van der Waals surface area contributed by atoms with Gasteiger partial charge in [-0.15, -0.1) is 0 Å². The van der Waals surface area contributed by atoms with Crippen molar-refractivity contribution in [1.82, 2.24) is 0 Å². The van der Waals surface area contributed by atoms with Crippen LogP contribution in [0.1, 0.15) is 5.56 Å². The molecule has 0 atom stereocenters. The number of halogens is 2. The average molecular weight is 365 g/mol. The molecule has 0 aliphatic carbocycles. The lowest BCUT2D eigenvalue weighted by Crippen LogP contribution is -2.41. The van der Waals surface area contributed by atoms with Gasteiger partial charge in [0.1, 0.15) is 6.54 Å². The zero-order valence-electron chi connectivity index (χ0n) is 12.8. The van der Waals surface area contributed by atoms with E-state index < -0.39 is 5.97 Å². The number of carbonyl (C=O) groups excluding carboxylic acids is 2. The van der Waals surface area contributed by atoms with Crippen LogP contribution in [0.3, 0.4) is 0 Å². The number of fused-ring (bicyclic) bond motifs is 1. The van der Waals surface area contributed by atoms with Gasteiger partial charge < -0.3 is 15.0 Å². The molecule has 5 nitrogen and oxygen atoms in total. The summed E-state index contributed by atoms with van der Waals surface area (Å²) in [6, 6.07) is 10.3. The summed E-state index contributed by atoms with van der Waals surface area (Å²) < 4.78 is 5.20. The van der Waals surface area contributed by atoms with Gasteiger partial charge in [0.25, 0.3) is 0 Å². The maximum absolute atomic E-state index is 12.3. The Morgan fingerprint density at radius 1 is 1.25 bits per heavy atom. The summed E-state index contributed by atoms with van der Waals surface area (Å²) in [5.74, 6) is -0.237. The molecule has 0 aromatic heterocycles. The highest BCUT2D eigenvalue weighted by Gasteiger charge is 2.25. The zero-order chi connectivity index (χ0) is 17.3. The van der Waals surface area contributed by atoms with Gasteiger partial charge in [0.2, 0.25) is 5.91 Å². The van der Waals surface area contributed by atoms with Gasteiger partial charge >= 0.3 is 5.97 Å². The quantitative estimate of drug-likeness (QED) is 0.666. The van der Waals surface area contributed by atoms with E-state index in [-0.39, 0.29) is 19.0 Å². The van der Waals surface area contributed by atoms with Crippen LogP contribution >= 0.6 is 23.2 Å². The molecular weight excluding hydrogens is 351 g/mol. The van der Waals surface area contributed by atoms with Crippen LogP contribution in [0.15, 0.2) is 36.4 Å². The van der Waals surface area contributed by atoms with Crippen molar-refractivity contribution < 1.29 is 14.3 Å². The topological polar surface area (TPSA) is 58.6 Å². The third-order valence-electron chi connectivity index (χ3n) is 3.54. The molecule has 1 amide bonds. The van der Waals surface area contributed by atoms with Crippen molar-refractivity contribution in [1.29, 1.82) is 0 Å². The number of carbonyl (C=O) groups is 2. The predicted molar refractivity (Wildman–Crippen MR) is 94.1 cm³/mol. The molecule has 1 aliphatic rings. The van der Waals surface area contributed by atoms with Gasteiger partial charge in [-0.25, -0.2) is 4.79 Å². The van der Waals surface area contributed by atoms with Crippen LogP contribution in [-0.4, -0.2) is 25.0 Å². The first-order valence-corrected chi connectivity index (χ1v) is 7.99. The van der Waals surface area contributed by atoms with Gasteiger partial charge in [0.15, 0.2) is 5.75 Å². The van der Waals surface area contributed by atoms with Crippen LogP contribution in [0.25, 0.3) is 0 Å². The summed E-state index contributed by atoms with van der Waals surface area (Å²) in [6.07, 6.45) is 0. The van der Waals surface area contributed by atoms with E-state index in [4.69, 9.17) is 27.9 Å².